The molecule has 0 atom stereocenters. The molecule has 3 aromatic rings. The Kier molecular flexibility index (Phi) is 6.29. The van der Waals surface area contributed by atoms with Crippen molar-refractivity contribution in [3.05, 3.63) is 71.6 Å². The molecule has 0 aliphatic rings. The third-order valence-corrected chi connectivity index (χ3v) is 4.07. The fourth-order valence-corrected chi connectivity index (χ4v) is 2.66. The average Bonchev–Trinajstić information content (AvgIpc) is 3.10. The number of anilines is 1. The number of hydrogen-bond donors (Lipinski definition) is 1. The van der Waals surface area contributed by atoms with Crippen LogP contribution in [0.4, 0.5) is 5.69 Å². The van der Waals surface area contributed by atoms with Crippen LogP contribution in [0.2, 0.25) is 0 Å². The van der Waals surface area contributed by atoms with Gasteiger partial charge in [0.15, 0.2) is 12.4 Å². The first-order valence-corrected chi connectivity index (χ1v) is 9.20. The van der Waals surface area contributed by atoms with Gasteiger partial charge in [0.1, 0.15) is 17.1 Å². The van der Waals surface area contributed by atoms with Crippen LogP contribution in [0, 0.1) is 6.92 Å². The minimum absolute atomic E-state index is 0.0239. The largest absolute Gasteiger partial charge is 0.457 e. The summed E-state index contributed by atoms with van der Waals surface area (Å²) in [6.07, 6.45) is 0. The Labute approximate surface area is 168 Å². The van der Waals surface area contributed by atoms with Crippen LogP contribution in [0.3, 0.4) is 0 Å². The molecule has 0 unspecified atom stereocenters. The number of ether oxygens (including phenoxy) is 2. The lowest BCUT2D eigenvalue weighted by Crippen LogP contribution is -2.21. The molecule has 1 heterocycles. The Bertz CT molecular complexity index is 978. The minimum atomic E-state index is -0.630. The van der Waals surface area contributed by atoms with Gasteiger partial charge >= 0.3 is 5.97 Å². The fraction of sp³-hybridized carbons (Fsp3) is 0.227. The van der Waals surface area contributed by atoms with Crippen LogP contribution in [-0.4, -0.2) is 23.6 Å². The van der Waals surface area contributed by atoms with Crippen molar-refractivity contribution in [3.8, 4) is 11.5 Å². The first-order valence-electron chi connectivity index (χ1n) is 9.20. The molecule has 1 aromatic heterocycles. The molecule has 1 amide bonds. The number of carbonyl (C=O) groups excluding carboxylic acids is 2. The second-order valence-electron chi connectivity index (χ2n) is 6.73. The molecule has 0 fully saturated rings. The van der Waals surface area contributed by atoms with Crippen LogP contribution in [-0.2, 0) is 9.53 Å². The van der Waals surface area contributed by atoms with Crippen LogP contribution in [0.25, 0.3) is 0 Å². The third kappa shape index (κ3) is 5.22. The topological polar surface area (TPSA) is 90.7 Å². The fourth-order valence-electron chi connectivity index (χ4n) is 2.66. The van der Waals surface area contributed by atoms with E-state index in [0.717, 1.165) is 5.75 Å². The molecule has 29 heavy (non-hydrogen) atoms. The van der Waals surface area contributed by atoms with E-state index in [2.05, 4.69) is 10.5 Å². The second kappa shape index (κ2) is 9.05. The summed E-state index contributed by atoms with van der Waals surface area (Å²) < 4.78 is 16.0. The Balaban J connectivity index is 1.53. The monoisotopic (exact) mass is 394 g/mol. The predicted molar refractivity (Wildman–Crippen MR) is 107 cm³/mol. The maximum Gasteiger partial charge on any atom is 0.344 e. The van der Waals surface area contributed by atoms with Gasteiger partial charge in [-0.1, -0.05) is 37.2 Å². The molecule has 2 aromatic carbocycles. The van der Waals surface area contributed by atoms with Gasteiger partial charge in [0.25, 0.3) is 5.91 Å². The Hall–Kier alpha value is -3.61. The third-order valence-electron chi connectivity index (χ3n) is 4.07. The van der Waals surface area contributed by atoms with Crippen LogP contribution >= 0.6 is 0 Å². The number of rotatable bonds is 7. The molecular weight excluding hydrogens is 372 g/mol. The van der Waals surface area contributed by atoms with Gasteiger partial charge in [0.05, 0.1) is 5.69 Å². The highest BCUT2D eigenvalue weighted by molar-refractivity contribution is 5.96. The zero-order chi connectivity index (χ0) is 20.8. The van der Waals surface area contributed by atoms with E-state index in [9.17, 15) is 9.59 Å². The molecule has 3 rings (SSSR count). The Morgan fingerprint density at radius 2 is 1.69 bits per heavy atom. The highest BCUT2D eigenvalue weighted by Crippen LogP contribution is 2.24. The zero-order valence-corrected chi connectivity index (χ0v) is 16.5. The molecule has 7 heteroatoms. The van der Waals surface area contributed by atoms with Gasteiger partial charge in [-0.2, -0.15) is 0 Å². The van der Waals surface area contributed by atoms with E-state index in [1.54, 1.807) is 31.2 Å². The maximum absolute atomic E-state index is 12.3. The van der Waals surface area contributed by atoms with Crippen molar-refractivity contribution >= 4 is 17.6 Å². The smallest absolute Gasteiger partial charge is 0.344 e. The highest BCUT2D eigenvalue weighted by Gasteiger charge is 2.24. The van der Waals surface area contributed by atoms with Crippen molar-refractivity contribution in [2.24, 2.45) is 0 Å². The van der Waals surface area contributed by atoms with E-state index in [0.29, 0.717) is 22.9 Å². The van der Waals surface area contributed by atoms with Crippen molar-refractivity contribution in [2.45, 2.75) is 26.7 Å². The summed E-state index contributed by atoms with van der Waals surface area (Å²) in [6, 6.07) is 16.3. The van der Waals surface area contributed by atoms with Gasteiger partial charge in [-0.05, 0) is 43.3 Å². The Morgan fingerprint density at radius 1 is 1.03 bits per heavy atom. The molecular formula is C22H22N2O5. The summed E-state index contributed by atoms with van der Waals surface area (Å²) in [6.45, 7) is 5.01. The number of para-hydroxylation sites is 1. The summed E-state index contributed by atoms with van der Waals surface area (Å²) in [7, 11) is 0. The first kappa shape index (κ1) is 20.1. The lowest BCUT2D eigenvalue weighted by molar-refractivity contribution is -0.119. The first-order chi connectivity index (χ1) is 13.9. The van der Waals surface area contributed by atoms with Crippen molar-refractivity contribution < 1.29 is 23.6 Å². The van der Waals surface area contributed by atoms with Crippen molar-refractivity contribution in [2.75, 3.05) is 11.9 Å². The maximum atomic E-state index is 12.3. The highest BCUT2D eigenvalue weighted by atomic mass is 16.5. The molecule has 0 radical (unpaired) electrons. The SMILES string of the molecule is Cc1noc(C(C)C)c1C(=O)OCC(=O)Nc1ccc(Oc2ccccc2)cc1. The number of nitrogens with one attached hydrogen (secondary N) is 1. The molecule has 150 valence electrons. The molecule has 7 nitrogen and oxygen atoms in total. The van der Waals surface area contributed by atoms with Gasteiger partial charge in [0.2, 0.25) is 0 Å². The summed E-state index contributed by atoms with van der Waals surface area (Å²) in [5.74, 6) is 0.710. The van der Waals surface area contributed by atoms with E-state index < -0.39 is 18.5 Å². The number of aryl methyl sites for hydroxylation is 1. The lowest BCUT2D eigenvalue weighted by atomic mass is 10.1. The normalized spacial score (nSPS) is 10.6. The quantitative estimate of drug-likeness (QED) is 0.585. The molecule has 0 spiro atoms. The van der Waals surface area contributed by atoms with E-state index in [1.807, 2.05) is 44.2 Å². The number of aromatic nitrogens is 1. The van der Waals surface area contributed by atoms with E-state index in [4.69, 9.17) is 14.0 Å². The van der Waals surface area contributed by atoms with Crippen LogP contribution < -0.4 is 10.1 Å². The Morgan fingerprint density at radius 3 is 2.34 bits per heavy atom. The summed E-state index contributed by atoms with van der Waals surface area (Å²) >= 11 is 0. The summed E-state index contributed by atoms with van der Waals surface area (Å²) in [4.78, 5) is 24.4. The van der Waals surface area contributed by atoms with Gasteiger partial charge in [-0.3, -0.25) is 4.79 Å². The second-order valence-corrected chi connectivity index (χ2v) is 6.73. The molecule has 0 saturated heterocycles. The zero-order valence-electron chi connectivity index (χ0n) is 16.5. The number of nitrogens with zero attached hydrogens (tertiary/aromatic N) is 1. The molecule has 0 aliphatic carbocycles. The minimum Gasteiger partial charge on any atom is -0.457 e. The molecule has 0 aliphatic heterocycles. The van der Waals surface area contributed by atoms with Gasteiger partial charge in [-0.15, -0.1) is 0 Å². The van der Waals surface area contributed by atoms with Crippen molar-refractivity contribution in [3.63, 3.8) is 0 Å². The van der Waals surface area contributed by atoms with Crippen LogP contribution in [0.5, 0.6) is 11.5 Å². The average molecular weight is 394 g/mol. The summed E-state index contributed by atoms with van der Waals surface area (Å²) in [5, 5.41) is 6.48. The standard InChI is InChI=1S/C22H22N2O5/c1-14(2)21-20(15(3)24-29-21)22(26)27-13-19(25)23-16-9-11-18(12-10-16)28-17-7-5-4-6-8-17/h4-12,14H,13H2,1-3H3,(H,23,25). The van der Waals surface area contributed by atoms with Crippen LogP contribution in [0.1, 0.15) is 41.6 Å². The molecule has 0 bridgehead atoms. The van der Waals surface area contributed by atoms with E-state index in [-0.39, 0.29) is 11.5 Å². The van der Waals surface area contributed by atoms with Crippen LogP contribution in [0.15, 0.2) is 59.1 Å². The van der Waals surface area contributed by atoms with E-state index in [1.165, 1.54) is 0 Å². The van der Waals surface area contributed by atoms with Gasteiger partial charge < -0.3 is 19.3 Å². The van der Waals surface area contributed by atoms with E-state index >= 15 is 0 Å². The van der Waals surface area contributed by atoms with Gasteiger partial charge in [0, 0.05) is 11.6 Å². The predicted octanol–water partition coefficient (Wildman–Crippen LogP) is 4.69. The lowest BCUT2D eigenvalue weighted by Gasteiger charge is -2.09. The summed E-state index contributed by atoms with van der Waals surface area (Å²) in [5.41, 5.74) is 1.28. The van der Waals surface area contributed by atoms with Crippen molar-refractivity contribution in [1.82, 2.24) is 5.16 Å². The van der Waals surface area contributed by atoms with Crippen molar-refractivity contribution in [1.29, 1.82) is 0 Å². The number of carbonyl (C=O) groups is 2. The number of esters is 1. The van der Waals surface area contributed by atoms with Gasteiger partial charge in [-0.25, -0.2) is 4.79 Å². The molecule has 0 saturated carbocycles. The molecule has 1 N–H and O–H groups in total. The number of benzene rings is 2. The number of hydrogen-bond acceptors (Lipinski definition) is 6. The number of amides is 1.